The second kappa shape index (κ2) is 6.93. The molecule has 23 heavy (non-hydrogen) atoms. The van der Waals surface area contributed by atoms with Crippen molar-refractivity contribution in [1.29, 1.82) is 0 Å². The van der Waals surface area contributed by atoms with E-state index in [1.807, 2.05) is 0 Å². The number of ether oxygens (including phenoxy) is 1. The van der Waals surface area contributed by atoms with E-state index in [0.717, 1.165) is 31.6 Å². The number of piperidine rings is 1. The van der Waals surface area contributed by atoms with Gasteiger partial charge in [-0.3, -0.25) is 14.7 Å². The van der Waals surface area contributed by atoms with E-state index >= 15 is 0 Å². The highest BCUT2D eigenvalue weighted by atomic mass is 16.5. The monoisotopic (exact) mass is 319 g/mol. The third kappa shape index (κ3) is 3.27. The number of aromatic amines is 1. The molecule has 124 valence electrons. The summed E-state index contributed by atoms with van der Waals surface area (Å²) in [7, 11) is 1.57. The topological polar surface area (TPSA) is 101 Å². The zero-order chi connectivity index (χ0) is 16.2. The summed E-state index contributed by atoms with van der Waals surface area (Å²) in [4.78, 5) is 29.1. The Bertz CT molecular complexity index is 745. The smallest absolute Gasteiger partial charge is 0.272 e. The SMILES string of the molecule is COCCNC(=O)c1c[nH]n2c(=O)cc(C3CCNCC3)nc12. The second-order valence-electron chi connectivity index (χ2n) is 5.64. The van der Waals surface area contributed by atoms with Gasteiger partial charge in [0.05, 0.1) is 12.3 Å². The number of amides is 1. The lowest BCUT2D eigenvalue weighted by molar-refractivity contribution is 0.0938. The predicted octanol–water partition coefficient (Wildman–Crippen LogP) is -0.134. The first kappa shape index (κ1) is 15.7. The van der Waals surface area contributed by atoms with Gasteiger partial charge in [0.25, 0.3) is 11.5 Å². The Labute approximate surface area is 133 Å². The number of nitrogens with zero attached hydrogens (tertiary/aromatic N) is 2. The van der Waals surface area contributed by atoms with Crippen molar-refractivity contribution in [2.75, 3.05) is 33.4 Å². The van der Waals surface area contributed by atoms with Gasteiger partial charge in [0.2, 0.25) is 0 Å². The van der Waals surface area contributed by atoms with Gasteiger partial charge in [-0.2, -0.15) is 0 Å². The molecular weight excluding hydrogens is 298 g/mol. The number of carbonyl (C=O) groups is 1. The van der Waals surface area contributed by atoms with E-state index < -0.39 is 0 Å². The third-order valence-corrected chi connectivity index (χ3v) is 4.11. The van der Waals surface area contributed by atoms with Crippen LogP contribution in [0, 0.1) is 0 Å². The molecule has 1 saturated heterocycles. The quantitative estimate of drug-likeness (QED) is 0.666. The van der Waals surface area contributed by atoms with Gasteiger partial charge in [0.1, 0.15) is 5.56 Å². The largest absolute Gasteiger partial charge is 0.383 e. The van der Waals surface area contributed by atoms with Gasteiger partial charge in [-0.25, -0.2) is 9.50 Å². The Morgan fingerprint density at radius 2 is 2.26 bits per heavy atom. The standard InChI is InChI=1S/C15H21N5O3/c1-23-7-6-17-15(22)11-9-18-20-13(21)8-12(19-14(11)20)10-2-4-16-5-3-10/h8-10,16,18H,2-7H2,1H3,(H,17,22). The molecular formula is C15H21N5O3. The van der Waals surface area contributed by atoms with Crippen LogP contribution in [0.15, 0.2) is 17.1 Å². The maximum absolute atomic E-state index is 12.3. The first-order valence-corrected chi connectivity index (χ1v) is 7.79. The van der Waals surface area contributed by atoms with Gasteiger partial charge < -0.3 is 15.4 Å². The molecule has 3 N–H and O–H groups in total. The van der Waals surface area contributed by atoms with Crippen molar-refractivity contribution in [2.45, 2.75) is 18.8 Å². The molecule has 0 aromatic carbocycles. The highest BCUT2D eigenvalue weighted by Crippen LogP contribution is 2.23. The van der Waals surface area contributed by atoms with Gasteiger partial charge >= 0.3 is 0 Å². The number of carbonyl (C=O) groups excluding carboxylic acids is 1. The van der Waals surface area contributed by atoms with Crippen molar-refractivity contribution < 1.29 is 9.53 Å². The van der Waals surface area contributed by atoms with Crippen molar-refractivity contribution in [2.24, 2.45) is 0 Å². The Hall–Kier alpha value is -2.19. The van der Waals surface area contributed by atoms with Crippen LogP contribution in [0.4, 0.5) is 0 Å². The average molecular weight is 319 g/mol. The third-order valence-electron chi connectivity index (χ3n) is 4.11. The lowest BCUT2D eigenvalue weighted by atomic mass is 9.94. The van der Waals surface area contributed by atoms with E-state index in [0.29, 0.717) is 24.4 Å². The Kier molecular flexibility index (Phi) is 4.73. The van der Waals surface area contributed by atoms with Crippen LogP contribution < -0.4 is 16.2 Å². The number of aromatic nitrogens is 3. The van der Waals surface area contributed by atoms with E-state index in [1.54, 1.807) is 13.2 Å². The molecule has 8 nitrogen and oxygen atoms in total. The molecule has 0 bridgehead atoms. The second-order valence-corrected chi connectivity index (χ2v) is 5.64. The fourth-order valence-electron chi connectivity index (χ4n) is 2.85. The zero-order valence-corrected chi connectivity index (χ0v) is 13.1. The summed E-state index contributed by atoms with van der Waals surface area (Å²) in [5.74, 6) is -0.0107. The molecule has 1 fully saturated rings. The summed E-state index contributed by atoms with van der Waals surface area (Å²) >= 11 is 0. The average Bonchev–Trinajstić information content (AvgIpc) is 3.00. The van der Waals surface area contributed by atoms with Crippen molar-refractivity contribution in [3.63, 3.8) is 0 Å². The molecule has 0 saturated carbocycles. The minimum atomic E-state index is -0.268. The molecule has 1 aliphatic rings. The maximum Gasteiger partial charge on any atom is 0.272 e. The normalized spacial score (nSPS) is 15.9. The lowest BCUT2D eigenvalue weighted by Crippen LogP contribution is -2.29. The lowest BCUT2D eigenvalue weighted by Gasteiger charge is -2.21. The number of rotatable bonds is 5. The molecule has 2 aromatic rings. The predicted molar refractivity (Wildman–Crippen MR) is 84.9 cm³/mol. The number of methoxy groups -OCH3 is 1. The summed E-state index contributed by atoms with van der Waals surface area (Å²) in [5.41, 5.74) is 1.32. The van der Waals surface area contributed by atoms with E-state index in [9.17, 15) is 9.59 Å². The summed E-state index contributed by atoms with van der Waals surface area (Å²) in [6.45, 7) is 2.68. The van der Waals surface area contributed by atoms with Gasteiger partial charge in [0.15, 0.2) is 5.65 Å². The van der Waals surface area contributed by atoms with Crippen LogP contribution in [0.25, 0.3) is 5.65 Å². The maximum atomic E-state index is 12.3. The van der Waals surface area contributed by atoms with Crippen LogP contribution in [0.5, 0.6) is 0 Å². The number of H-pyrrole nitrogens is 1. The molecule has 1 aliphatic heterocycles. The molecule has 1 amide bonds. The first-order chi connectivity index (χ1) is 11.2. The molecule has 8 heteroatoms. The van der Waals surface area contributed by atoms with Crippen LogP contribution in [0.1, 0.15) is 34.8 Å². The van der Waals surface area contributed by atoms with Gasteiger partial charge in [0, 0.05) is 31.8 Å². The zero-order valence-electron chi connectivity index (χ0n) is 13.1. The van der Waals surface area contributed by atoms with Gasteiger partial charge in [-0.1, -0.05) is 0 Å². The Balaban J connectivity index is 1.92. The van der Waals surface area contributed by atoms with Crippen LogP contribution in [-0.2, 0) is 4.74 Å². The summed E-state index contributed by atoms with van der Waals surface area (Å²) < 4.78 is 6.22. The molecule has 0 spiro atoms. The molecule has 0 unspecified atom stereocenters. The van der Waals surface area contributed by atoms with E-state index in [4.69, 9.17) is 4.74 Å². The van der Waals surface area contributed by atoms with Crippen molar-refractivity contribution in [3.8, 4) is 0 Å². The Morgan fingerprint density at radius 3 is 3.00 bits per heavy atom. The van der Waals surface area contributed by atoms with Crippen molar-refractivity contribution >= 4 is 11.6 Å². The Morgan fingerprint density at radius 1 is 1.48 bits per heavy atom. The fraction of sp³-hybridized carbons (Fsp3) is 0.533. The first-order valence-electron chi connectivity index (χ1n) is 7.79. The molecule has 0 aliphatic carbocycles. The van der Waals surface area contributed by atoms with Crippen LogP contribution in [0.2, 0.25) is 0 Å². The minimum Gasteiger partial charge on any atom is -0.383 e. The molecule has 2 aromatic heterocycles. The summed E-state index contributed by atoms with van der Waals surface area (Å²) in [5, 5.41) is 8.84. The van der Waals surface area contributed by atoms with Crippen molar-refractivity contribution in [1.82, 2.24) is 25.2 Å². The number of hydrogen-bond acceptors (Lipinski definition) is 5. The van der Waals surface area contributed by atoms with Crippen molar-refractivity contribution in [3.05, 3.63) is 33.9 Å². The highest BCUT2D eigenvalue weighted by Gasteiger charge is 2.20. The molecule has 0 atom stereocenters. The molecule has 3 heterocycles. The molecule has 0 radical (unpaired) electrons. The van der Waals surface area contributed by atoms with E-state index in [-0.39, 0.29) is 17.4 Å². The van der Waals surface area contributed by atoms with Gasteiger partial charge in [-0.05, 0) is 25.9 Å². The summed E-state index contributed by atoms with van der Waals surface area (Å²) in [6, 6.07) is 1.56. The molecule has 3 rings (SSSR count). The summed E-state index contributed by atoms with van der Waals surface area (Å²) in [6.07, 6.45) is 3.41. The fourth-order valence-corrected chi connectivity index (χ4v) is 2.85. The minimum absolute atomic E-state index is 0.195. The van der Waals surface area contributed by atoms with E-state index in [2.05, 4.69) is 20.7 Å². The van der Waals surface area contributed by atoms with E-state index in [1.165, 1.54) is 10.7 Å². The number of nitrogens with one attached hydrogen (secondary N) is 3. The van der Waals surface area contributed by atoms with Crippen LogP contribution >= 0.6 is 0 Å². The number of hydrogen-bond donors (Lipinski definition) is 3. The van der Waals surface area contributed by atoms with Gasteiger partial charge in [-0.15, -0.1) is 0 Å². The van der Waals surface area contributed by atoms with Crippen LogP contribution in [0.3, 0.4) is 0 Å². The number of fused-ring (bicyclic) bond motifs is 1. The highest BCUT2D eigenvalue weighted by molar-refractivity contribution is 5.99. The van der Waals surface area contributed by atoms with Crippen LogP contribution in [-0.4, -0.2) is 53.9 Å².